The van der Waals surface area contributed by atoms with Crippen molar-refractivity contribution in [2.24, 2.45) is 0 Å². The number of aliphatic hydroxyl groups excluding tert-OH is 1. The van der Waals surface area contributed by atoms with Gasteiger partial charge in [0.1, 0.15) is 12.4 Å². The van der Waals surface area contributed by atoms with Gasteiger partial charge in [-0.25, -0.2) is 0 Å². The SMILES string of the molecule is CC(C)(C)[Si](C)(C)OCC1(n2c(CO)cc(OCc3ccccc3)cc2=O)CC1. The molecule has 158 valence electrons. The molecule has 1 heterocycles. The van der Waals surface area contributed by atoms with E-state index in [1.165, 1.54) is 6.07 Å². The van der Waals surface area contributed by atoms with Crippen molar-refractivity contribution in [3.63, 3.8) is 0 Å². The Labute approximate surface area is 174 Å². The first-order valence-corrected chi connectivity index (χ1v) is 13.2. The number of rotatable bonds is 8. The van der Waals surface area contributed by atoms with Crippen LogP contribution in [0.2, 0.25) is 18.1 Å². The summed E-state index contributed by atoms with van der Waals surface area (Å²) >= 11 is 0. The highest BCUT2D eigenvalue weighted by molar-refractivity contribution is 6.74. The van der Waals surface area contributed by atoms with E-state index in [9.17, 15) is 9.90 Å². The highest BCUT2D eigenvalue weighted by Crippen LogP contribution is 2.46. The van der Waals surface area contributed by atoms with E-state index in [2.05, 4.69) is 33.9 Å². The van der Waals surface area contributed by atoms with Crippen LogP contribution >= 0.6 is 0 Å². The van der Waals surface area contributed by atoms with Crippen LogP contribution in [0.5, 0.6) is 5.75 Å². The molecule has 29 heavy (non-hydrogen) atoms. The molecular weight excluding hydrogens is 382 g/mol. The largest absolute Gasteiger partial charge is 0.489 e. The number of benzene rings is 1. The van der Waals surface area contributed by atoms with Gasteiger partial charge in [0, 0.05) is 12.1 Å². The number of aromatic nitrogens is 1. The zero-order valence-corrected chi connectivity index (χ0v) is 19.2. The number of hydrogen-bond donors (Lipinski definition) is 1. The van der Waals surface area contributed by atoms with Crippen molar-refractivity contribution in [3.05, 3.63) is 64.1 Å². The van der Waals surface area contributed by atoms with Gasteiger partial charge in [-0.3, -0.25) is 4.79 Å². The van der Waals surface area contributed by atoms with Gasteiger partial charge in [0.25, 0.3) is 5.56 Å². The van der Waals surface area contributed by atoms with Gasteiger partial charge < -0.3 is 18.8 Å². The summed E-state index contributed by atoms with van der Waals surface area (Å²) in [6.07, 6.45) is 1.78. The molecule has 0 spiro atoms. The molecule has 1 aromatic heterocycles. The summed E-state index contributed by atoms with van der Waals surface area (Å²) in [5.74, 6) is 0.486. The van der Waals surface area contributed by atoms with Crippen molar-refractivity contribution in [1.82, 2.24) is 4.57 Å². The lowest BCUT2D eigenvalue weighted by Crippen LogP contribution is -2.45. The first-order valence-electron chi connectivity index (χ1n) is 10.3. The second-order valence-electron chi connectivity index (χ2n) is 9.56. The molecule has 6 heteroatoms. The van der Waals surface area contributed by atoms with E-state index in [0.717, 1.165) is 18.4 Å². The van der Waals surface area contributed by atoms with Crippen molar-refractivity contribution in [2.75, 3.05) is 6.61 Å². The third-order valence-corrected chi connectivity index (χ3v) is 10.8. The van der Waals surface area contributed by atoms with Crippen LogP contribution in [0.4, 0.5) is 0 Å². The maximum atomic E-state index is 13.0. The fourth-order valence-electron chi connectivity index (χ4n) is 3.19. The summed E-state index contributed by atoms with van der Waals surface area (Å²) in [5, 5.41) is 10.1. The number of pyridine rings is 1. The Morgan fingerprint density at radius 3 is 2.34 bits per heavy atom. The molecular formula is C23H33NO4Si. The van der Waals surface area contributed by atoms with E-state index in [4.69, 9.17) is 9.16 Å². The average molecular weight is 416 g/mol. The van der Waals surface area contributed by atoms with Crippen LogP contribution in [-0.2, 0) is 23.2 Å². The number of hydrogen-bond acceptors (Lipinski definition) is 4. The van der Waals surface area contributed by atoms with Crippen LogP contribution in [0, 0.1) is 0 Å². The van der Waals surface area contributed by atoms with Crippen LogP contribution in [0.3, 0.4) is 0 Å². The van der Waals surface area contributed by atoms with E-state index < -0.39 is 8.32 Å². The van der Waals surface area contributed by atoms with Crippen LogP contribution in [0.1, 0.15) is 44.9 Å². The zero-order chi connectivity index (χ0) is 21.3. The van der Waals surface area contributed by atoms with Gasteiger partial charge in [-0.1, -0.05) is 51.1 Å². The topological polar surface area (TPSA) is 60.7 Å². The van der Waals surface area contributed by atoms with Gasteiger partial charge in [0.15, 0.2) is 8.32 Å². The maximum Gasteiger partial charge on any atom is 0.255 e. The monoisotopic (exact) mass is 415 g/mol. The second-order valence-corrected chi connectivity index (χ2v) is 14.4. The smallest absolute Gasteiger partial charge is 0.255 e. The first kappa shape index (κ1) is 21.8. The summed E-state index contributed by atoms with van der Waals surface area (Å²) in [5.41, 5.74) is 1.12. The molecule has 0 atom stereocenters. The van der Waals surface area contributed by atoms with Gasteiger partial charge in [-0.15, -0.1) is 0 Å². The Bertz CT molecular complexity index is 895. The minimum atomic E-state index is -1.92. The van der Waals surface area contributed by atoms with Crippen molar-refractivity contribution in [1.29, 1.82) is 0 Å². The lowest BCUT2D eigenvalue weighted by atomic mass is 10.2. The Hall–Kier alpha value is -1.89. The van der Waals surface area contributed by atoms with Gasteiger partial charge in [-0.2, -0.15) is 0 Å². The van der Waals surface area contributed by atoms with Crippen LogP contribution < -0.4 is 10.3 Å². The summed E-state index contributed by atoms with van der Waals surface area (Å²) in [6.45, 7) is 11.8. The van der Waals surface area contributed by atoms with E-state index >= 15 is 0 Å². The summed E-state index contributed by atoms with van der Waals surface area (Å²) in [6, 6.07) is 13.1. The zero-order valence-electron chi connectivity index (χ0n) is 18.2. The number of nitrogens with zero attached hydrogens (tertiary/aromatic N) is 1. The molecule has 0 radical (unpaired) electrons. The highest BCUT2D eigenvalue weighted by Gasteiger charge is 2.49. The van der Waals surface area contributed by atoms with E-state index in [1.54, 1.807) is 10.6 Å². The van der Waals surface area contributed by atoms with E-state index in [-0.39, 0.29) is 22.7 Å². The maximum absolute atomic E-state index is 13.0. The van der Waals surface area contributed by atoms with Gasteiger partial charge >= 0.3 is 0 Å². The molecule has 1 aromatic carbocycles. The minimum absolute atomic E-state index is 0.114. The molecule has 5 nitrogen and oxygen atoms in total. The van der Waals surface area contributed by atoms with Gasteiger partial charge in [0.2, 0.25) is 0 Å². The van der Waals surface area contributed by atoms with Crippen molar-refractivity contribution >= 4 is 8.32 Å². The fourth-order valence-corrected chi connectivity index (χ4v) is 4.25. The molecule has 1 aliphatic rings. The van der Waals surface area contributed by atoms with Gasteiger partial charge in [-0.05, 0) is 36.5 Å². The molecule has 0 bridgehead atoms. The van der Waals surface area contributed by atoms with Crippen LogP contribution in [0.25, 0.3) is 0 Å². The predicted molar refractivity (Wildman–Crippen MR) is 118 cm³/mol. The Kier molecular flexibility index (Phi) is 6.08. The third-order valence-electron chi connectivity index (χ3n) is 6.30. The first-order chi connectivity index (χ1) is 13.6. The van der Waals surface area contributed by atoms with Crippen LogP contribution in [-0.4, -0.2) is 24.6 Å². The summed E-state index contributed by atoms with van der Waals surface area (Å²) in [4.78, 5) is 13.0. The number of aliphatic hydroxyl groups is 1. The molecule has 1 aliphatic carbocycles. The molecule has 0 aliphatic heterocycles. The summed E-state index contributed by atoms with van der Waals surface area (Å²) in [7, 11) is -1.92. The lowest BCUT2D eigenvalue weighted by molar-refractivity contribution is 0.196. The summed E-state index contributed by atoms with van der Waals surface area (Å²) < 4.78 is 14.0. The molecule has 1 N–H and O–H groups in total. The minimum Gasteiger partial charge on any atom is -0.489 e. The molecule has 0 amide bonds. The van der Waals surface area contributed by atoms with Gasteiger partial charge in [0.05, 0.1) is 24.4 Å². The Morgan fingerprint density at radius 2 is 1.79 bits per heavy atom. The molecule has 2 aromatic rings. The average Bonchev–Trinajstić information content (AvgIpc) is 3.45. The van der Waals surface area contributed by atoms with Crippen molar-refractivity contribution in [3.8, 4) is 5.75 Å². The van der Waals surface area contributed by atoms with Crippen LogP contribution in [0.15, 0.2) is 47.3 Å². The number of ether oxygens (including phenoxy) is 1. The van der Waals surface area contributed by atoms with E-state index in [1.807, 2.05) is 30.3 Å². The molecule has 1 fully saturated rings. The Balaban J connectivity index is 1.80. The quantitative estimate of drug-likeness (QED) is 0.648. The lowest BCUT2D eigenvalue weighted by Gasteiger charge is -2.38. The normalized spacial score (nSPS) is 15.9. The molecule has 3 rings (SSSR count). The molecule has 0 saturated heterocycles. The fraction of sp³-hybridized carbons (Fsp3) is 0.522. The highest BCUT2D eigenvalue weighted by atomic mass is 28.4. The predicted octanol–water partition coefficient (Wildman–Crippen LogP) is 4.43. The Morgan fingerprint density at radius 1 is 1.14 bits per heavy atom. The van der Waals surface area contributed by atoms with Crippen molar-refractivity contribution < 1.29 is 14.3 Å². The molecule has 1 saturated carbocycles. The third kappa shape index (κ3) is 4.82. The van der Waals surface area contributed by atoms with Crippen molar-refractivity contribution in [2.45, 2.75) is 70.5 Å². The van der Waals surface area contributed by atoms with E-state index in [0.29, 0.717) is 24.7 Å². The second kappa shape index (κ2) is 8.09. The standard InChI is InChI=1S/C23H33NO4Si/c1-22(2,3)29(4,5)28-17-23(11-12-23)24-19(15-25)13-20(14-21(24)26)27-16-18-9-7-6-8-10-18/h6-10,13-14,25H,11-12,15-17H2,1-5H3. The molecule has 0 unspecified atom stereocenters.